The average Bonchev–Trinajstić information content (AvgIpc) is 3.50. The van der Waals surface area contributed by atoms with Crippen LogP contribution in [0.1, 0.15) is 30.0 Å². The molecule has 1 N–H and O–H groups in total. The number of fused-ring (bicyclic) bond motifs is 1. The van der Waals surface area contributed by atoms with Crippen LogP contribution in [-0.4, -0.2) is 52.7 Å². The molecule has 5 rings (SSSR count). The second kappa shape index (κ2) is 7.46. The van der Waals surface area contributed by atoms with Crippen molar-refractivity contribution < 1.29 is 28.9 Å². The van der Waals surface area contributed by atoms with E-state index in [1.807, 2.05) is 0 Å². The van der Waals surface area contributed by atoms with E-state index in [0.29, 0.717) is 29.2 Å². The lowest BCUT2D eigenvalue weighted by Gasteiger charge is -2.27. The first-order valence-corrected chi connectivity index (χ1v) is 9.83. The summed E-state index contributed by atoms with van der Waals surface area (Å²) in [5.74, 6) is -0.563. The van der Waals surface area contributed by atoms with Crippen molar-refractivity contribution in [1.82, 2.24) is 9.88 Å². The topological polar surface area (TPSA) is 98.2 Å². The number of carbonyl (C=O) groups is 2. The van der Waals surface area contributed by atoms with E-state index in [2.05, 4.69) is 4.98 Å². The molecular weight excluding hydrogens is 388 g/mol. The summed E-state index contributed by atoms with van der Waals surface area (Å²) < 4.78 is 16.4. The predicted molar refractivity (Wildman–Crippen MR) is 105 cm³/mol. The van der Waals surface area contributed by atoms with E-state index in [1.54, 1.807) is 42.7 Å². The third kappa shape index (κ3) is 3.09. The molecular formula is C22H20N2O6. The maximum atomic E-state index is 13.0. The SMILES string of the molecule is O=C1C(=O)N(CC2CCCO2)C(c2ccncc2)/C1=C(/O)c1ccc2c(c1)OCO2. The van der Waals surface area contributed by atoms with Gasteiger partial charge in [-0.05, 0) is 48.7 Å². The van der Waals surface area contributed by atoms with Crippen molar-refractivity contribution in [2.45, 2.75) is 25.0 Å². The Hall–Kier alpha value is -3.39. The van der Waals surface area contributed by atoms with Crippen molar-refractivity contribution in [3.63, 3.8) is 0 Å². The molecule has 0 bridgehead atoms. The van der Waals surface area contributed by atoms with E-state index >= 15 is 0 Å². The van der Waals surface area contributed by atoms with Crippen LogP contribution < -0.4 is 9.47 Å². The van der Waals surface area contributed by atoms with Crippen LogP contribution in [0.5, 0.6) is 11.5 Å². The maximum absolute atomic E-state index is 13.0. The fourth-order valence-electron chi connectivity index (χ4n) is 4.17. The van der Waals surface area contributed by atoms with E-state index < -0.39 is 17.7 Å². The Morgan fingerprint density at radius 2 is 1.93 bits per heavy atom. The molecule has 2 unspecified atom stereocenters. The van der Waals surface area contributed by atoms with Crippen LogP contribution in [0.4, 0.5) is 0 Å². The summed E-state index contributed by atoms with van der Waals surface area (Å²) in [5, 5.41) is 11.1. The highest BCUT2D eigenvalue weighted by atomic mass is 16.7. The number of ketones is 1. The molecule has 30 heavy (non-hydrogen) atoms. The number of likely N-dealkylation sites (tertiary alicyclic amines) is 1. The molecule has 0 radical (unpaired) electrons. The number of aromatic nitrogens is 1. The van der Waals surface area contributed by atoms with Gasteiger partial charge >= 0.3 is 0 Å². The van der Waals surface area contributed by atoms with Crippen molar-refractivity contribution >= 4 is 17.4 Å². The number of Topliss-reactive ketones (excluding diaryl/α,β-unsaturated/α-hetero) is 1. The van der Waals surface area contributed by atoms with Crippen LogP contribution in [0.25, 0.3) is 5.76 Å². The number of nitrogens with zero attached hydrogens (tertiary/aromatic N) is 2. The molecule has 1 amide bonds. The highest BCUT2D eigenvalue weighted by Gasteiger charge is 2.47. The third-order valence-electron chi connectivity index (χ3n) is 5.63. The number of carbonyl (C=O) groups excluding carboxylic acids is 2. The predicted octanol–water partition coefficient (Wildman–Crippen LogP) is 2.41. The molecule has 1 aromatic carbocycles. The van der Waals surface area contributed by atoms with Crippen molar-refractivity contribution in [3.05, 3.63) is 59.4 Å². The minimum atomic E-state index is -0.720. The van der Waals surface area contributed by atoms with E-state index in [4.69, 9.17) is 14.2 Å². The maximum Gasteiger partial charge on any atom is 0.295 e. The number of rotatable bonds is 4. The van der Waals surface area contributed by atoms with Crippen molar-refractivity contribution in [2.75, 3.05) is 19.9 Å². The van der Waals surface area contributed by atoms with Gasteiger partial charge in [0.05, 0.1) is 17.7 Å². The Morgan fingerprint density at radius 1 is 1.13 bits per heavy atom. The largest absolute Gasteiger partial charge is 0.507 e. The van der Waals surface area contributed by atoms with Gasteiger partial charge in [-0.2, -0.15) is 0 Å². The van der Waals surface area contributed by atoms with Crippen LogP contribution in [0.2, 0.25) is 0 Å². The fourth-order valence-corrected chi connectivity index (χ4v) is 4.17. The lowest BCUT2D eigenvalue weighted by Crippen LogP contribution is -2.36. The molecule has 0 spiro atoms. The minimum Gasteiger partial charge on any atom is -0.507 e. The monoisotopic (exact) mass is 408 g/mol. The van der Waals surface area contributed by atoms with Gasteiger partial charge in [0.1, 0.15) is 5.76 Å². The lowest BCUT2D eigenvalue weighted by molar-refractivity contribution is -0.140. The first-order valence-electron chi connectivity index (χ1n) is 9.83. The van der Waals surface area contributed by atoms with Crippen LogP contribution in [0.3, 0.4) is 0 Å². The molecule has 2 atom stereocenters. The number of benzene rings is 1. The summed E-state index contributed by atoms with van der Waals surface area (Å²) in [5.41, 5.74) is 1.13. The summed E-state index contributed by atoms with van der Waals surface area (Å²) >= 11 is 0. The van der Waals surface area contributed by atoms with E-state index in [-0.39, 0.29) is 30.8 Å². The van der Waals surface area contributed by atoms with E-state index in [1.165, 1.54) is 4.90 Å². The van der Waals surface area contributed by atoms with Crippen LogP contribution in [0.15, 0.2) is 48.3 Å². The smallest absolute Gasteiger partial charge is 0.295 e. The number of aliphatic hydroxyl groups excluding tert-OH is 1. The molecule has 1 aromatic heterocycles. The van der Waals surface area contributed by atoms with Crippen LogP contribution in [0, 0.1) is 0 Å². The van der Waals surface area contributed by atoms with Gasteiger partial charge in [-0.3, -0.25) is 14.6 Å². The first kappa shape index (κ1) is 18.6. The lowest BCUT2D eigenvalue weighted by atomic mass is 9.95. The quantitative estimate of drug-likeness (QED) is 0.471. The number of aliphatic hydroxyl groups is 1. The van der Waals surface area contributed by atoms with Crippen molar-refractivity contribution in [1.29, 1.82) is 0 Å². The molecule has 154 valence electrons. The Morgan fingerprint density at radius 3 is 2.70 bits per heavy atom. The number of hydrogen-bond donors (Lipinski definition) is 1. The molecule has 2 fully saturated rings. The third-order valence-corrected chi connectivity index (χ3v) is 5.63. The summed E-state index contributed by atoms with van der Waals surface area (Å²) in [4.78, 5) is 31.4. The van der Waals surface area contributed by atoms with Crippen LogP contribution >= 0.6 is 0 Å². The molecule has 2 saturated heterocycles. The van der Waals surface area contributed by atoms with Gasteiger partial charge in [0.15, 0.2) is 11.5 Å². The number of hydrogen-bond acceptors (Lipinski definition) is 7. The number of amides is 1. The minimum absolute atomic E-state index is 0.0445. The van der Waals surface area contributed by atoms with E-state index in [9.17, 15) is 14.7 Å². The number of pyridine rings is 1. The summed E-state index contributed by atoms with van der Waals surface area (Å²) in [6.07, 6.45) is 4.82. The summed E-state index contributed by atoms with van der Waals surface area (Å²) in [6, 6.07) is 7.68. The summed E-state index contributed by atoms with van der Waals surface area (Å²) in [6.45, 7) is 1.03. The van der Waals surface area contributed by atoms with Gasteiger partial charge < -0.3 is 24.2 Å². The van der Waals surface area contributed by atoms with Crippen LogP contribution in [-0.2, 0) is 14.3 Å². The summed E-state index contributed by atoms with van der Waals surface area (Å²) in [7, 11) is 0. The second-order valence-electron chi connectivity index (χ2n) is 7.44. The molecule has 3 aliphatic rings. The van der Waals surface area contributed by atoms with Crippen molar-refractivity contribution in [2.24, 2.45) is 0 Å². The zero-order chi connectivity index (χ0) is 20.7. The van der Waals surface area contributed by atoms with E-state index in [0.717, 1.165) is 12.8 Å². The Kier molecular flexibility index (Phi) is 4.63. The highest BCUT2D eigenvalue weighted by molar-refractivity contribution is 6.46. The highest BCUT2D eigenvalue weighted by Crippen LogP contribution is 2.41. The molecule has 3 aliphatic heterocycles. The standard InChI is InChI=1S/C22H20N2O6/c25-20(14-3-4-16-17(10-14)30-12-29-16)18-19(13-5-7-23-8-6-13)24(22(27)21(18)26)11-15-2-1-9-28-15/h3-8,10,15,19,25H,1-2,9,11-12H2/b20-18-. The Balaban J connectivity index is 1.60. The molecule has 0 saturated carbocycles. The Labute approximate surface area is 172 Å². The second-order valence-corrected chi connectivity index (χ2v) is 7.44. The normalized spacial score (nSPS) is 24.6. The zero-order valence-electron chi connectivity index (χ0n) is 16.1. The van der Waals surface area contributed by atoms with Gasteiger partial charge in [0.2, 0.25) is 6.79 Å². The molecule has 4 heterocycles. The van der Waals surface area contributed by atoms with Gasteiger partial charge in [-0.1, -0.05) is 0 Å². The fraction of sp³-hybridized carbons (Fsp3) is 0.318. The van der Waals surface area contributed by atoms with Gasteiger partial charge in [-0.25, -0.2) is 0 Å². The Bertz CT molecular complexity index is 1030. The molecule has 8 nitrogen and oxygen atoms in total. The average molecular weight is 408 g/mol. The molecule has 0 aliphatic carbocycles. The zero-order valence-corrected chi connectivity index (χ0v) is 16.1. The molecule has 2 aromatic rings. The van der Waals surface area contributed by atoms with Gasteiger partial charge in [-0.15, -0.1) is 0 Å². The van der Waals surface area contributed by atoms with Gasteiger partial charge in [0.25, 0.3) is 11.7 Å². The number of ether oxygens (including phenoxy) is 3. The molecule has 8 heteroatoms. The first-order chi connectivity index (χ1) is 14.6. The van der Waals surface area contributed by atoms with Crippen molar-refractivity contribution in [3.8, 4) is 11.5 Å². The van der Waals surface area contributed by atoms with Gasteiger partial charge in [0, 0.05) is 31.1 Å².